The van der Waals surface area contributed by atoms with Crippen molar-refractivity contribution in [3.63, 3.8) is 0 Å². The first kappa shape index (κ1) is 25.3. The van der Waals surface area contributed by atoms with E-state index in [1.54, 1.807) is 23.1 Å². The van der Waals surface area contributed by atoms with E-state index in [4.69, 9.17) is 16.3 Å². The molecule has 0 aliphatic carbocycles. The molecule has 0 bridgehead atoms. The van der Waals surface area contributed by atoms with E-state index in [0.29, 0.717) is 23.7 Å². The Balaban J connectivity index is 1.88. The van der Waals surface area contributed by atoms with Crippen molar-refractivity contribution in [2.24, 2.45) is 0 Å². The van der Waals surface area contributed by atoms with Crippen LogP contribution >= 0.6 is 11.6 Å². The number of hydrogen-bond donors (Lipinski definition) is 1. The Bertz CT molecular complexity index is 1090. The number of amides is 2. The number of ether oxygens (including phenoxy) is 1. The van der Waals surface area contributed by atoms with Gasteiger partial charge in [-0.15, -0.1) is 0 Å². The zero-order valence-corrected chi connectivity index (χ0v) is 20.6. The molecule has 1 N–H and O–H groups in total. The molecule has 0 saturated heterocycles. The maximum Gasteiger partial charge on any atom is 0.261 e. The second kappa shape index (κ2) is 12.2. The summed E-state index contributed by atoms with van der Waals surface area (Å²) in [5.41, 5.74) is 2.78. The van der Waals surface area contributed by atoms with Crippen molar-refractivity contribution in [2.75, 3.05) is 6.61 Å². The molecule has 0 saturated carbocycles. The molecule has 5 nitrogen and oxygen atoms in total. The maximum atomic E-state index is 13.5. The fraction of sp³-hybridized carbons (Fsp3) is 0.286. The van der Waals surface area contributed by atoms with Crippen LogP contribution in [-0.2, 0) is 22.6 Å². The molecular formula is C28H31ClN2O3. The molecule has 0 aromatic heterocycles. The van der Waals surface area contributed by atoms with Gasteiger partial charge in [0, 0.05) is 24.0 Å². The van der Waals surface area contributed by atoms with E-state index < -0.39 is 6.04 Å². The molecule has 1 atom stereocenters. The predicted molar refractivity (Wildman–Crippen MR) is 136 cm³/mol. The molecule has 0 aliphatic rings. The molecular weight excluding hydrogens is 448 g/mol. The average molecular weight is 479 g/mol. The summed E-state index contributed by atoms with van der Waals surface area (Å²) in [4.78, 5) is 28.4. The third-order valence-corrected chi connectivity index (χ3v) is 5.81. The lowest BCUT2D eigenvalue weighted by molar-refractivity contribution is -0.143. The minimum Gasteiger partial charge on any atom is -0.484 e. The van der Waals surface area contributed by atoms with Crippen molar-refractivity contribution < 1.29 is 14.3 Å². The van der Waals surface area contributed by atoms with Crippen molar-refractivity contribution in [3.8, 4) is 5.75 Å². The molecule has 0 radical (unpaired) electrons. The van der Waals surface area contributed by atoms with Gasteiger partial charge in [-0.05, 0) is 55.7 Å². The van der Waals surface area contributed by atoms with Crippen LogP contribution in [0.25, 0.3) is 0 Å². The number of carbonyl (C=O) groups excluding carboxylic acids is 2. The summed E-state index contributed by atoms with van der Waals surface area (Å²) >= 11 is 6.10. The first-order chi connectivity index (χ1) is 16.3. The van der Waals surface area contributed by atoms with Crippen molar-refractivity contribution in [2.45, 2.75) is 45.8 Å². The number of aryl methyl sites for hydroxylation is 1. The molecule has 0 heterocycles. The Morgan fingerprint density at radius 3 is 2.15 bits per heavy atom. The van der Waals surface area contributed by atoms with Crippen LogP contribution in [0.3, 0.4) is 0 Å². The van der Waals surface area contributed by atoms with Crippen LogP contribution in [0.1, 0.15) is 30.5 Å². The monoisotopic (exact) mass is 478 g/mol. The lowest BCUT2D eigenvalue weighted by Crippen LogP contribution is -2.52. The summed E-state index contributed by atoms with van der Waals surface area (Å²) in [6.07, 6.45) is 0.401. The number of carbonyl (C=O) groups is 2. The van der Waals surface area contributed by atoms with Crippen LogP contribution in [-0.4, -0.2) is 35.4 Å². The van der Waals surface area contributed by atoms with E-state index in [2.05, 4.69) is 5.32 Å². The number of benzene rings is 3. The zero-order valence-electron chi connectivity index (χ0n) is 19.8. The largest absolute Gasteiger partial charge is 0.484 e. The van der Waals surface area contributed by atoms with Crippen LogP contribution in [0.15, 0.2) is 78.9 Å². The lowest BCUT2D eigenvalue weighted by Gasteiger charge is -2.32. The molecule has 3 aromatic rings. The van der Waals surface area contributed by atoms with E-state index in [1.165, 1.54) is 0 Å². The molecule has 3 aromatic carbocycles. The highest BCUT2D eigenvalue weighted by molar-refractivity contribution is 6.31. The Morgan fingerprint density at radius 1 is 0.941 bits per heavy atom. The minimum absolute atomic E-state index is 0.0484. The van der Waals surface area contributed by atoms with E-state index in [9.17, 15) is 9.59 Å². The number of halogens is 1. The highest BCUT2D eigenvalue weighted by atomic mass is 35.5. The minimum atomic E-state index is -0.687. The van der Waals surface area contributed by atoms with Gasteiger partial charge in [0.25, 0.3) is 5.91 Å². The van der Waals surface area contributed by atoms with E-state index in [0.717, 1.165) is 16.7 Å². The van der Waals surface area contributed by atoms with Gasteiger partial charge in [-0.2, -0.15) is 0 Å². The van der Waals surface area contributed by atoms with Crippen molar-refractivity contribution >= 4 is 23.4 Å². The summed E-state index contributed by atoms with van der Waals surface area (Å²) in [6, 6.07) is 23.9. The molecule has 34 heavy (non-hydrogen) atoms. The molecule has 3 rings (SSSR count). The van der Waals surface area contributed by atoms with Crippen LogP contribution < -0.4 is 10.1 Å². The fourth-order valence-electron chi connectivity index (χ4n) is 3.65. The van der Waals surface area contributed by atoms with Gasteiger partial charge in [-0.25, -0.2) is 0 Å². The third kappa shape index (κ3) is 7.35. The van der Waals surface area contributed by atoms with Crippen LogP contribution in [0.2, 0.25) is 5.02 Å². The molecule has 0 aliphatic heterocycles. The van der Waals surface area contributed by atoms with Gasteiger partial charge < -0.3 is 15.0 Å². The zero-order chi connectivity index (χ0) is 24.5. The summed E-state index contributed by atoms with van der Waals surface area (Å²) in [5.74, 6) is 0.0999. The SMILES string of the molecule is Cc1cc(OCC(=O)N(Cc2ccccc2)[C@H](Cc2ccccc2)C(=O)NC(C)C)ccc1Cl. The fourth-order valence-corrected chi connectivity index (χ4v) is 3.77. The molecule has 6 heteroatoms. The molecule has 0 spiro atoms. The van der Waals surface area contributed by atoms with E-state index in [1.807, 2.05) is 81.4 Å². The first-order valence-electron chi connectivity index (χ1n) is 11.4. The van der Waals surface area contributed by atoms with Gasteiger partial charge >= 0.3 is 0 Å². The molecule has 178 valence electrons. The number of hydrogen-bond acceptors (Lipinski definition) is 3. The smallest absolute Gasteiger partial charge is 0.261 e. The second-order valence-electron chi connectivity index (χ2n) is 8.58. The maximum absolute atomic E-state index is 13.5. The molecule has 2 amide bonds. The van der Waals surface area contributed by atoms with Crippen LogP contribution in [0, 0.1) is 6.92 Å². The van der Waals surface area contributed by atoms with Crippen LogP contribution in [0.5, 0.6) is 5.75 Å². The molecule has 0 unspecified atom stereocenters. The van der Waals surface area contributed by atoms with Gasteiger partial charge in [-0.3, -0.25) is 9.59 Å². The quantitative estimate of drug-likeness (QED) is 0.436. The normalized spacial score (nSPS) is 11.7. The Labute approximate surface area is 206 Å². The Kier molecular flexibility index (Phi) is 9.11. The number of rotatable bonds is 10. The predicted octanol–water partition coefficient (Wildman–Crippen LogP) is 5.19. The van der Waals surface area contributed by atoms with Gasteiger partial charge in [0.1, 0.15) is 11.8 Å². The topological polar surface area (TPSA) is 58.6 Å². The van der Waals surface area contributed by atoms with E-state index in [-0.39, 0.29) is 24.5 Å². The first-order valence-corrected chi connectivity index (χ1v) is 11.8. The number of nitrogens with one attached hydrogen (secondary N) is 1. The van der Waals surface area contributed by atoms with E-state index >= 15 is 0 Å². The average Bonchev–Trinajstić information content (AvgIpc) is 2.82. The van der Waals surface area contributed by atoms with Gasteiger partial charge in [0.05, 0.1) is 0 Å². The summed E-state index contributed by atoms with van der Waals surface area (Å²) in [5, 5.41) is 3.62. The Morgan fingerprint density at radius 2 is 1.56 bits per heavy atom. The summed E-state index contributed by atoms with van der Waals surface area (Å²) in [7, 11) is 0. The summed E-state index contributed by atoms with van der Waals surface area (Å²) in [6.45, 7) is 5.81. The number of nitrogens with zero attached hydrogens (tertiary/aromatic N) is 1. The highest BCUT2D eigenvalue weighted by Gasteiger charge is 2.31. The standard InChI is InChI=1S/C28H31ClN2O3/c1-20(2)30-28(33)26(17-22-10-6-4-7-11-22)31(18-23-12-8-5-9-13-23)27(32)19-34-24-14-15-25(29)21(3)16-24/h4-16,20,26H,17-19H2,1-3H3,(H,30,33)/t26-/m1/s1. The second-order valence-corrected chi connectivity index (χ2v) is 8.98. The lowest BCUT2D eigenvalue weighted by atomic mass is 10.0. The third-order valence-electron chi connectivity index (χ3n) is 5.39. The van der Waals surface area contributed by atoms with Crippen molar-refractivity contribution in [3.05, 3.63) is 101 Å². The van der Waals surface area contributed by atoms with Gasteiger partial charge in [0.15, 0.2) is 6.61 Å². The van der Waals surface area contributed by atoms with Crippen molar-refractivity contribution in [1.82, 2.24) is 10.2 Å². The van der Waals surface area contributed by atoms with Gasteiger partial charge in [0.2, 0.25) is 5.91 Å². The Hall–Kier alpha value is -3.31. The summed E-state index contributed by atoms with van der Waals surface area (Å²) < 4.78 is 5.80. The highest BCUT2D eigenvalue weighted by Crippen LogP contribution is 2.21. The van der Waals surface area contributed by atoms with Crippen LogP contribution in [0.4, 0.5) is 0 Å². The van der Waals surface area contributed by atoms with Gasteiger partial charge in [-0.1, -0.05) is 72.3 Å². The molecule has 0 fully saturated rings. The van der Waals surface area contributed by atoms with Crippen molar-refractivity contribution in [1.29, 1.82) is 0 Å².